The van der Waals surface area contributed by atoms with E-state index in [0.717, 1.165) is 0 Å². The number of hydroxylamine groups is 1. The van der Waals surface area contributed by atoms with Gasteiger partial charge in [-0.3, -0.25) is 0 Å². The molecule has 0 fully saturated rings. The Kier molecular flexibility index (Phi) is 3.96. The topological polar surface area (TPSA) is 80.1 Å². The minimum atomic E-state index is -1.02. The Morgan fingerprint density at radius 2 is 2.00 bits per heavy atom. The molecule has 0 aromatic carbocycles. The van der Waals surface area contributed by atoms with Crippen LogP contribution in [0.25, 0.3) is 0 Å². The summed E-state index contributed by atoms with van der Waals surface area (Å²) in [6.45, 7) is 4.83. The van der Waals surface area contributed by atoms with Crippen molar-refractivity contribution in [3.8, 4) is 0 Å². The van der Waals surface area contributed by atoms with E-state index in [1.807, 2.05) is 0 Å². The molecule has 3 atom stereocenters. The minimum absolute atomic E-state index is 0.472. The number of hydrogen-bond donors (Lipinski definition) is 3. The van der Waals surface area contributed by atoms with E-state index >= 15 is 0 Å². The summed E-state index contributed by atoms with van der Waals surface area (Å²) in [6, 6.07) is 0. The Hall–Kier alpha value is -0.160. The Labute approximate surface area is 66.8 Å². The maximum atomic E-state index is 10.5. The van der Waals surface area contributed by atoms with Gasteiger partial charge in [0.1, 0.15) is 17.7 Å². The van der Waals surface area contributed by atoms with Gasteiger partial charge in [-0.2, -0.15) is 0 Å². The number of quaternary nitrogens is 1. The lowest BCUT2D eigenvalue weighted by Gasteiger charge is -2.35. The van der Waals surface area contributed by atoms with Crippen LogP contribution in [0.3, 0.4) is 0 Å². The van der Waals surface area contributed by atoms with Gasteiger partial charge < -0.3 is 20.9 Å². The fraction of sp³-hybridized carbons (Fsp3) is 1.00. The zero-order chi connectivity index (χ0) is 9.07. The third-order valence-corrected chi connectivity index (χ3v) is 2.26. The molecule has 0 rings (SSSR count). The van der Waals surface area contributed by atoms with Crippen LogP contribution in [0.5, 0.6) is 0 Å². The lowest BCUT2D eigenvalue weighted by molar-refractivity contribution is -0.685. The molecular weight excluding hydrogens is 146 g/mol. The molecule has 0 radical (unpaired) electrons. The molecule has 0 spiro atoms. The highest BCUT2D eigenvalue weighted by molar-refractivity contribution is 4.85. The smallest absolute Gasteiger partial charge is 0.145 e. The first-order valence-electron chi connectivity index (χ1n) is 3.81. The van der Waals surface area contributed by atoms with Gasteiger partial charge in [0.25, 0.3) is 0 Å². The Balaban J connectivity index is 4.32. The van der Waals surface area contributed by atoms with Gasteiger partial charge in [-0.15, -0.1) is 0 Å². The van der Waals surface area contributed by atoms with Crippen LogP contribution in [0.4, 0.5) is 0 Å². The van der Waals surface area contributed by atoms with E-state index in [9.17, 15) is 15.4 Å². The van der Waals surface area contributed by atoms with Crippen molar-refractivity contribution in [3.05, 3.63) is 5.21 Å². The van der Waals surface area contributed by atoms with Crippen LogP contribution in [0.15, 0.2) is 0 Å². The van der Waals surface area contributed by atoms with E-state index in [4.69, 9.17) is 0 Å². The minimum Gasteiger partial charge on any atom is -0.635 e. The molecule has 0 aliphatic rings. The second-order valence-corrected chi connectivity index (χ2v) is 3.08. The largest absolute Gasteiger partial charge is 0.635 e. The second kappa shape index (κ2) is 4.01. The van der Waals surface area contributed by atoms with Crippen LogP contribution in [0, 0.1) is 5.21 Å². The van der Waals surface area contributed by atoms with E-state index < -0.39 is 17.7 Å². The molecule has 4 heteroatoms. The zero-order valence-corrected chi connectivity index (χ0v) is 7.24. The Morgan fingerprint density at radius 3 is 2.09 bits per heavy atom. The Bertz CT molecular complexity index is 118. The first kappa shape index (κ1) is 10.8. The highest BCUT2D eigenvalue weighted by Gasteiger charge is 2.38. The molecular formula is C7H17NO3. The van der Waals surface area contributed by atoms with Crippen LogP contribution in [0.2, 0.25) is 0 Å². The van der Waals surface area contributed by atoms with E-state index in [2.05, 4.69) is 0 Å². The molecule has 68 valence electrons. The number of aliphatic hydroxyl groups excluding tert-OH is 2. The third-order valence-electron chi connectivity index (χ3n) is 2.26. The molecule has 0 aromatic rings. The summed E-state index contributed by atoms with van der Waals surface area (Å²) in [5.74, 6) is 0. The highest BCUT2D eigenvalue weighted by atomic mass is 16.5. The van der Waals surface area contributed by atoms with Gasteiger partial charge >= 0.3 is 0 Å². The number of hydrogen-bond acceptors (Lipinski definition) is 3. The average Bonchev–Trinajstić information content (AvgIpc) is 2.01. The zero-order valence-electron chi connectivity index (χ0n) is 7.24. The summed E-state index contributed by atoms with van der Waals surface area (Å²) in [5, 5.41) is 29.1. The van der Waals surface area contributed by atoms with Gasteiger partial charge in [0.2, 0.25) is 0 Å². The van der Waals surface area contributed by atoms with Gasteiger partial charge in [-0.1, -0.05) is 6.92 Å². The fourth-order valence-corrected chi connectivity index (χ4v) is 0.895. The molecule has 0 saturated carbocycles. The molecule has 0 amide bonds. The maximum Gasteiger partial charge on any atom is 0.145 e. The maximum absolute atomic E-state index is 10.5. The first-order chi connectivity index (χ1) is 4.99. The SMILES string of the molecule is CCC(O)C(C)([NH2+][O-])C(C)O. The third kappa shape index (κ3) is 2.13. The van der Waals surface area contributed by atoms with Gasteiger partial charge in [0.15, 0.2) is 0 Å². The molecule has 11 heavy (non-hydrogen) atoms. The molecule has 3 unspecified atom stereocenters. The van der Waals surface area contributed by atoms with Gasteiger partial charge in [-0.25, -0.2) is 0 Å². The number of aliphatic hydroxyl groups is 2. The van der Waals surface area contributed by atoms with Crippen molar-refractivity contribution in [2.24, 2.45) is 0 Å². The lowest BCUT2D eigenvalue weighted by Crippen LogP contribution is -2.97. The molecule has 0 saturated heterocycles. The van der Waals surface area contributed by atoms with Crippen LogP contribution in [-0.2, 0) is 0 Å². The number of nitrogens with two attached hydrogens (primary N) is 1. The number of rotatable bonds is 4. The van der Waals surface area contributed by atoms with Crippen molar-refractivity contribution in [2.75, 3.05) is 0 Å². The predicted molar refractivity (Wildman–Crippen MR) is 41.7 cm³/mol. The molecule has 4 N–H and O–H groups in total. The summed E-state index contributed by atoms with van der Waals surface area (Å²) in [4.78, 5) is 0. The molecule has 4 nitrogen and oxygen atoms in total. The summed E-state index contributed by atoms with van der Waals surface area (Å²) in [6.07, 6.45) is -1.10. The average molecular weight is 163 g/mol. The highest BCUT2D eigenvalue weighted by Crippen LogP contribution is 2.12. The molecule has 0 aliphatic carbocycles. The second-order valence-electron chi connectivity index (χ2n) is 3.08. The summed E-state index contributed by atoms with van der Waals surface area (Å²) in [7, 11) is 0. The van der Waals surface area contributed by atoms with Gasteiger partial charge in [-0.05, 0) is 20.3 Å². The van der Waals surface area contributed by atoms with Crippen LogP contribution in [-0.4, -0.2) is 28.0 Å². The van der Waals surface area contributed by atoms with Gasteiger partial charge in [0, 0.05) is 0 Å². The normalized spacial score (nSPS) is 22.4. The standard InChI is InChI=1S/C7H17NO3/c1-4-6(10)7(3,8-11)5(2)9/h5-6,9-10H,4,8H2,1-3H3. The van der Waals surface area contributed by atoms with Gasteiger partial charge in [0.05, 0.1) is 0 Å². The van der Waals surface area contributed by atoms with Crippen LogP contribution in [0.1, 0.15) is 27.2 Å². The van der Waals surface area contributed by atoms with Crippen molar-refractivity contribution in [1.82, 2.24) is 0 Å². The molecule has 0 heterocycles. The van der Waals surface area contributed by atoms with Crippen molar-refractivity contribution >= 4 is 0 Å². The molecule has 0 bridgehead atoms. The van der Waals surface area contributed by atoms with Crippen LogP contribution >= 0.6 is 0 Å². The summed E-state index contributed by atoms with van der Waals surface area (Å²) in [5.41, 5.74) is -0.402. The fourth-order valence-electron chi connectivity index (χ4n) is 0.895. The predicted octanol–water partition coefficient (Wildman–Crippen LogP) is -1.04. The van der Waals surface area contributed by atoms with Crippen molar-refractivity contribution < 1.29 is 15.7 Å². The lowest BCUT2D eigenvalue weighted by atomic mass is 9.88. The van der Waals surface area contributed by atoms with Crippen molar-refractivity contribution in [1.29, 1.82) is 0 Å². The van der Waals surface area contributed by atoms with E-state index in [1.54, 1.807) is 13.8 Å². The van der Waals surface area contributed by atoms with Crippen molar-refractivity contribution in [3.63, 3.8) is 0 Å². The summed E-state index contributed by atoms with van der Waals surface area (Å²) < 4.78 is 0. The summed E-state index contributed by atoms with van der Waals surface area (Å²) >= 11 is 0. The van der Waals surface area contributed by atoms with Crippen LogP contribution < -0.4 is 5.48 Å². The first-order valence-corrected chi connectivity index (χ1v) is 3.81. The van der Waals surface area contributed by atoms with E-state index in [-0.39, 0.29) is 0 Å². The van der Waals surface area contributed by atoms with E-state index in [0.29, 0.717) is 11.9 Å². The molecule has 0 aliphatic heterocycles. The van der Waals surface area contributed by atoms with Crippen molar-refractivity contribution in [2.45, 2.75) is 44.9 Å². The molecule has 0 aromatic heterocycles. The monoisotopic (exact) mass is 163 g/mol. The quantitative estimate of drug-likeness (QED) is 0.463. The van der Waals surface area contributed by atoms with E-state index in [1.165, 1.54) is 6.92 Å². The Morgan fingerprint density at radius 1 is 1.55 bits per heavy atom.